The Morgan fingerprint density at radius 2 is 1.79 bits per heavy atom. The fraction of sp³-hybridized carbons (Fsp3) is 0.250. The number of thioether (sulfide) groups is 1. The highest BCUT2D eigenvalue weighted by molar-refractivity contribution is 8.00. The van der Waals surface area contributed by atoms with E-state index < -0.39 is 24.0 Å². The molecule has 0 radical (unpaired) electrons. The van der Waals surface area contributed by atoms with Gasteiger partial charge in [0.1, 0.15) is 10.8 Å². The summed E-state index contributed by atoms with van der Waals surface area (Å²) in [5.41, 5.74) is -0.470. The van der Waals surface area contributed by atoms with Crippen molar-refractivity contribution in [3.05, 3.63) is 52.7 Å². The Bertz CT molecular complexity index is 827. The zero-order valence-electron chi connectivity index (χ0n) is 13.7. The molecular weight excluding hydrogens is 434 g/mol. The van der Waals surface area contributed by atoms with Gasteiger partial charge in [0.05, 0.1) is 16.3 Å². The predicted molar refractivity (Wildman–Crippen MR) is 89.9 cm³/mol. The molecule has 12 heteroatoms. The fourth-order valence-corrected chi connectivity index (χ4v) is 2.91. The van der Waals surface area contributed by atoms with Gasteiger partial charge in [-0.1, -0.05) is 35.5 Å². The number of benzene rings is 1. The second-order valence-corrected chi connectivity index (χ2v) is 6.64. The van der Waals surface area contributed by atoms with E-state index in [1.165, 1.54) is 12.1 Å². The molecule has 1 N–H and O–H groups in total. The number of alkyl halides is 6. The molecular formula is C16H11ClF6N2O2S. The van der Waals surface area contributed by atoms with Gasteiger partial charge in [-0.15, -0.1) is 13.2 Å². The molecule has 0 atom stereocenters. The van der Waals surface area contributed by atoms with Crippen molar-refractivity contribution in [3.63, 3.8) is 0 Å². The van der Waals surface area contributed by atoms with E-state index in [2.05, 4.69) is 15.0 Å². The van der Waals surface area contributed by atoms with Gasteiger partial charge < -0.3 is 10.1 Å². The Morgan fingerprint density at radius 1 is 1.14 bits per heavy atom. The summed E-state index contributed by atoms with van der Waals surface area (Å²) < 4.78 is 77.6. The van der Waals surface area contributed by atoms with Crippen molar-refractivity contribution >= 4 is 29.3 Å². The minimum absolute atomic E-state index is 0.0415. The number of hydrogen-bond acceptors (Lipinski definition) is 4. The van der Waals surface area contributed by atoms with Gasteiger partial charge >= 0.3 is 12.5 Å². The topological polar surface area (TPSA) is 51.2 Å². The molecule has 1 heterocycles. The van der Waals surface area contributed by atoms with Gasteiger partial charge in [0.2, 0.25) is 5.91 Å². The average molecular weight is 445 g/mol. The van der Waals surface area contributed by atoms with Crippen LogP contribution in [0.4, 0.5) is 26.3 Å². The Kier molecular flexibility index (Phi) is 7.05. The van der Waals surface area contributed by atoms with Crippen molar-refractivity contribution < 1.29 is 35.9 Å². The van der Waals surface area contributed by atoms with Crippen LogP contribution in [0.2, 0.25) is 5.02 Å². The van der Waals surface area contributed by atoms with Crippen LogP contribution in [0.5, 0.6) is 5.75 Å². The Hall–Kier alpha value is -2.14. The van der Waals surface area contributed by atoms with Crippen LogP contribution in [0.25, 0.3) is 0 Å². The van der Waals surface area contributed by atoms with E-state index in [4.69, 9.17) is 11.6 Å². The van der Waals surface area contributed by atoms with Crippen molar-refractivity contribution in [1.29, 1.82) is 0 Å². The molecule has 0 aliphatic rings. The minimum atomic E-state index is -4.79. The zero-order valence-corrected chi connectivity index (χ0v) is 15.3. The molecule has 1 aromatic heterocycles. The van der Waals surface area contributed by atoms with E-state index in [1.54, 1.807) is 0 Å². The first-order valence-electron chi connectivity index (χ1n) is 7.41. The fourth-order valence-electron chi connectivity index (χ4n) is 1.88. The van der Waals surface area contributed by atoms with Crippen molar-refractivity contribution in [2.75, 3.05) is 5.75 Å². The van der Waals surface area contributed by atoms with Crippen molar-refractivity contribution in [2.45, 2.75) is 24.1 Å². The van der Waals surface area contributed by atoms with Crippen LogP contribution in [-0.4, -0.2) is 23.0 Å². The smallest absolute Gasteiger partial charge is 0.406 e. The van der Waals surface area contributed by atoms with Crippen molar-refractivity contribution in [1.82, 2.24) is 10.3 Å². The normalized spacial score (nSPS) is 12.0. The number of rotatable bonds is 6. The summed E-state index contributed by atoms with van der Waals surface area (Å²) in [4.78, 5) is 15.4. The molecule has 28 heavy (non-hydrogen) atoms. The van der Waals surface area contributed by atoms with Gasteiger partial charge in [-0.25, -0.2) is 4.98 Å². The zero-order chi connectivity index (χ0) is 20.9. The van der Waals surface area contributed by atoms with Gasteiger partial charge in [0.25, 0.3) is 0 Å². The molecule has 0 aliphatic heterocycles. The minimum Gasteiger partial charge on any atom is -0.406 e. The van der Waals surface area contributed by atoms with Gasteiger partial charge in [-0.05, 0) is 23.8 Å². The number of halogens is 7. The Morgan fingerprint density at radius 3 is 2.32 bits per heavy atom. The van der Waals surface area contributed by atoms with Crippen LogP contribution in [0, 0.1) is 0 Å². The molecule has 4 nitrogen and oxygen atoms in total. The number of amides is 1. The highest BCUT2D eigenvalue weighted by atomic mass is 35.5. The third-order valence-corrected chi connectivity index (χ3v) is 4.53. The standard InChI is InChI=1S/C16H11ClF6N2O2S/c17-12-5-10(15(18,19)20)7-25-14(12)28-8-13(26)24-6-9-1-3-11(4-2-9)27-16(21,22)23/h1-5,7H,6,8H2,(H,24,26). The first-order valence-corrected chi connectivity index (χ1v) is 8.77. The maximum Gasteiger partial charge on any atom is 0.573 e. The van der Waals surface area contributed by atoms with Crippen molar-refractivity contribution in [3.8, 4) is 5.75 Å². The number of pyridine rings is 1. The summed E-state index contributed by atoms with van der Waals surface area (Å²) >= 11 is 6.60. The van der Waals surface area contributed by atoms with E-state index in [9.17, 15) is 31.1 Å². The SMILES string of the molecule is O=C(CSc1ncc(C(F)(F)F)cc1Cl)NCc1ccc(OC(F)(F)F)cc1. The van der Waals surface area contributed by atoms with E-state index in [1.807, 2.05) is 0 Å². The first kappa shape index (κ1) is 22.2. The Labute approximate surface area is 164 Å². The molecule has 1 amide bonds. The summed E-state index contributed by atoms with van der Waals surface area (Å²) in [5.74, 6) is -1.01. The average Bonchev–Trinajstić information content (AvgIpc) is 2.58. The second-order valence-electron chi connectivity index (χ2n) is 5.27. The number of ether oxygens (including phenoxy) is 1. The molecule has 0 bridgehead atoms. The maximum atomic E-state index is 12.5. The molecule has 1 aromatic carbocycles. The lowest BCUT2D eigenvalue weighted by atomic mass is 10.2. The van der Waals surface area contributed by atoms with Crippen LogP contribution >= 0.6 is 23.4 Å². The van der Waals surface area contributed by atoms with Crippen LogP contribution in [0.1, 0.15) is 11.1 Å². The van der Waals surface area contributed by atoms with E-state index in [-0.39, 0.29) is 28.1 Å². The summed E-state index contributed by atoms with van der Waals surface area (Å²) in [6.45, 7) is 0.0415. The molecule has 0 fully saturated rings. The number of nitrogens with one attached hydrogen (secondary N) is 1. The van der Waals surface area contributed by atoms with Crippen LogP contribution in [0.3, 0.4) is 0 Å². The largest absolute Gasteiger partial charge is 0.573 e. The molecule has 2 rings (SSSR count). The summed E-state index contributed by atoms with van der Waals surface area (Å²) in [6, 6.07) is 5.64. The summed E-state index contributed by atoms with van der Waals surface area (Å²) in [7, 11) is 0. The summed E-state index contributed by atoms with van der Waals surface area (Å²) in [6.07, 6.45) is -8.74. The number of carbonyl (C=O) groups excluding carboxylic acids is 1. The van der Waals surface area contributed by atoms with E-state index in [0.717, 1.165) is 30.0 Å². The Balaban J connectivity index is 1.83. The lowest BCUT2D eigenvalue weighted by molar-refractivity contribution is -0.274. The lowest BCUT2D eigenvalue weighted by Crippen LogP contribution is -2.24. The van der Waals surface area contributed by atoms with Gasteiger partial charge in [-0.2, -0.15) is 13.2 Å². The number of aromatic nitrogens is 1. The lowest BCUT2D eigenvalue weighted by Gasteiger charge is -2.10. The van der Waals surface area contributed by atoms with Crippen LogP contribution in [0.15, 0.2) is 41.6 Å². The van der Waals surface area contributed by atoms with Gasteiger partial charge in [-0.3, -0.25) is 4.79 Å². The number of nitrogens with zero attached hydrogens (tertiary/aromatic N) is 1. The van der Waals surface area contributed by atoms with Gasteiger partial charge in [0.15, 0.2) is 0 Å². The first-order chi connectivity index (χ1) is 12.9. The maximum absolute atomic E-state index is 12.5. The van der Waals surface area contributed by atoms with Crippen molar-refractivity contribution in [2.24, 2.45) is 0 Å². The third-order valence-electron chi connectivity index (χ3n) is 3.12. The molecule has 0 spiro atoms. The molecule has 0 unspecified atom stereocenters. The highest BCUT2D eigenvalue weighted by Crippen LogP contribution is 2.33. The second kappa shape index (κ2) is 8.91. The molecule has 0 saturated heterocycles. The predicted octanol–water partition coefficient (Wildman–Crippen LogP) is 5.06. The quantitative estimate of drug-likeness (QED) is 0.500. The monoisotopic (exact) mass is 444 g/mol. The number of carbonyl (C=O) groups is 1. The highest BCUT2D eigenvalue weighted by Gasteiger charge is 2.32. The van der Waals surface area contributed by atoms with Crippen LogP contribution < -0.4 is 10.1 Å². The molecule has 2 aromatic rings. The third kappa shape index (κ3) is 7.12. The van der Waals surface area contributed by atoms with E-state index >= 15 is 0 Å². The molecule has 0 aliphatic carbocycles. The van der Waals surface area contributed by atoms with E-state index in [0.29, 0.717) is 11.8 Å². The van der Waals surface area contributed by atoms with Gasteiger partial charge in [0, 0.05) is 12.7 Å². The molecule has 152 valence electrons. The summed E-state index contributed by atoms with van der Waals surface area (Å²) in [5, 5.41) is 2.36. The molecule has 0 saturated carbocycles. The van der Waals surface area contributed by atoms with Crippen LogP contribution in [-0.2, 0) is 17.5 Å². The number of hydrogen-bond donors (Lipinski definition) is 1.